The van der Waals surface area contributed by atoms with Crippen molar-refractivity contribution in [3.8, 4) is 0 Å². The number of nitrogens with one attached hydrogen (secondary N) is 2. The maximum Gasteiger partial charge on any atom is 0.243 e. The van der Waals surface area contributed by atoms with Crippen molar-refractivity contribution < 1.29 is 14.0 Å². The summed E-state index contributed by atoms with van der Waals surface area (Å²) in [5.41, 5.74) is 0. The summed E-state index contributed by atoms with van der Waals surface area (Å²) in [6.07, 6.45) is 3.16. The van der Waals surface area contributed by atoms with E-state index in [0.29, 0.717) is 18.8 Å². The van der Waals surface area contributed by atoms with Gasteiger partial charge in [0.2, 0.25) is 11.8 Å². The first kappa shape index (κ1) is 16.5. The molecule has 1 saturated heterocycles. The first-order chi connectivity index (χ1) is 9.22. The molecule has 0 bridgehead atoms. The third-order valence-electron chi connectivity index (χ3n) is 3.22. The van der Waals surface area contributed by atoms with Gasteiger partial charge in [-0.15, -0.1) is 12.4 Å². The molecule has 2 amide bonds. The van der Waals surface area contributed by atoms with E-state index in [1.54, 1.807) is 30.3 Å². The van der Waals surface area contributed by atoms with E-state index >= 15 is 0 Å². The van der Waals surface area contributed by atoms with Crippen LogP contribution in [0.15, 0.2) is 22.8 Å². The second-order valence-corrected chi connectivity index (χ2v) is 4.57. The minimum atomic E-state index is -0.351. The van der Waals surface area contributed by atoms with Crippen LogP contribution in [0.3, 0.4) is 0 Å². The molecule has 1 atom stereocenters. The van der Waals surface area contributed by atoms with E-state index < -0.39 is 0 Å². The zero-order valence-corrected chi connectivity index (χ0v) is 12.2. The number of nitrogens with zero attached hydrogens (tertiary/aromatic N) is 1. The van der Waals surface area contributed by atoms with Gasteiger partial charge < -0.3 is 20.0 Å². The van der Waals surface area contributed by atoms with Gasteiger partial charge in [0.15, 0.2) is 0 Å². The van der Waals surface area contributed by atoms with Crippen molar-refractivity contribution in [2.75, 3.05) is 20.1 Å². The molecule has 0 radical (unpaired) electrons. The van der Waals surface area contributed by atoms with Crippen molar-refractivity contribution in [1.82, 2.24) is 15.5 Å². The van der Waals surface area contributed by atoms with E-state index in [2.05, 4.69) is 10.6 Å². The third kappa shape index (κ3) is 3.98. The number of likely N-dealkylation sites (tertiary alicyclic amines) is 1. The second-order valence-electron chi connectivity index (χ2n) is 4.57. The fourth-order valence-corrected chi connectivity index (χ4v) is 2.30. The lowest BCUT2D eigenvalue weighted by Crippen LogP contribution is -2.47. The maximum absolute atomic E-state index is 12.1. The Kier molecular flexibility index (Phi) is 6.54. The number of hydrogen-bond acceptors (Lipinski definition) is 4. The molecule has 1 unspecified atom stereocenters. The van der Waals surface area contributed by atoms with Crippen molar-refractivity contribution >= 4 is 24.2 Å². The van der Waals surface area contributed by atoms with Gasteiger partial charge in [-0.25, -0.2) is 0 Å². The summed E-state index contributed by atoms with van der Waals surface area (Å²) in [6, 6.07) is 3.23. The van der Waals surface area contributed by atoms with Gasteiger partial charge in [0.05, 0.1) is 19.4 Å². The van der Waals surface area contributed by atoms with Gasteiger partial charge in [-0.1, -0.05) is 0 Å². The SMILES string of the molecule is CNCC(=O)N1CCCC1C(=O)NCc1ccco1.Cl. The third-order valence-corrected chi connectivity index (χ3v) is 3.22. The Morgan fingerprint density at radius 3 is 2.95 bits per heavy atom. The minimum Gasteiger partial charge on any atom is -0.467 e. The van der Waals surface area contributed by atoms with E-state index in [9.17, 15) is 9.59 Å². The molecule has 6 nitrogen and oxygen atoms in total. The molecule has 0 aliphatic carbocycles. The molecule has 2 heterocycles. The minimum absolute atomic E-state index is 0. The average Bonchev–Trinajstić information content (AvgIpc) is 3.07. The molecule has 0 aromatic carbocycles. The molecule has 112 valence electrons. The summed E-state index contributed by atoms with van der Waals surface area (Å²) in [6.45, 7) is 1.28. The number of furan rings is 1. The molecular weight excluding hydrogens is 282 g/mol. The number of likely N-dealkylation sites (N-methyl/N-ethyl adjacent to an activating group) is 1. The van der Waals surface area contributed by atoms with Crippen LogP contribution in [0.1, 0.15) is 18.6 Å². The lowest BCUT2D eigenvalue weighted by Gasteiger charge is -2.23. The van der Waals surface area contributed by atoms with Crippen LogP contribution in [0.25, 0.3) is 0 Å². The Hall–Kier alpha value is -1.53. The standard InChI is InChI=1S/C13H19N3O3.ClH/c1-14-9-12(17)16-6-2-5-11(16)13(18)15-8-10-4-3-7-19-10;/h3-4,7,11,14H,2,5-6,8-9H2,1H3,(H,15,18);1H. The Morgan fingerprint density at radius 1 is 1.50 bits per heavy atom. The molecular formula is C13H20ClN3O3. The van der Waals surface area contributed by atoms with Crippen LogP contribution in [0.2, 0.25) is 0 Å². The van der Waals surface area contributed by atoms with E-state index in [-0.39, 0.29) is 36.8 Å². The predicted octanol–water partition coefficient (Wildman–Crippen LogP) is 0.528. The number of carbonyl (C=O) groups is 2. The number of carbonyl (C=O) groups excluding carboxylic acids is 2. The topological polar surface area (TPSA) is 74.6 Å². The highest BCUT2D eigenvalue weighted by Gasteiger charge is 2.33. The number of halogens is 1. The molecule has 1 aliphatic rings. The summed E-state index contributed by atoms with van der Waals surface area (Å²) in [7, 11) is 1.72. The Bertz CT molecular complexity index is 436. The Labute approximate surface area is 124 Å². The lowest BCUT2D eigenvalue weighted by atomic mass is 10.2. The van der Waals surface area contributed by atoms with Crippen LogP contribution in [0.5, 0.6) is 0 Å². The summed E-state index contributed by atoms with van der Waals surface area (Å²) >= 11 is 0. The van der Waals surface area contributed by atoms with E-state index in [4.69, 9.17) is 4.42 Å². The van der Waals surface area contributed by atoms with Gasteiger partial charge in [0.1, 0.15) is 11.8 Å². The van der Waals surface area contributed by atoms with Crippen molar-refractivity contribution in [2.24, 2.45) is 0 Å². The first-order valence-corrected chi connectivity index (χ1v) is 6.46. The molecule has 20 heavy (non-hydrogen) atoms. The molecule has 0 saturated carbocycles. The maximum atomic E-state index is 12.1. The second kappa shape index (κ2) is 7.91. The fourth-order valence-electron chi connectivity index (χ4n) is 2.30. The Morgan fingerprint density at radius 2 is 2.30 bits per heavy atom. The predicted molar refractivity (Wildman–Crippen MR) is 76.5 cm³/mol. The Balaban J connectivity index is 0.00000200. The quantitative estimate of drug-likeness (QED) is 0.832. The van der Waals surface area contributed by atoms with Crippen molar-refractivity contribution in [2.45, 2.75) is 25.4 Å². The average molecular weight is 302 g/mol. The summed E-state index contributed by atoms with van der Waals surface area (Å²) < 4.78 is 5.15. The molecule has 1 aromatic heterocycles. The van der Waals surface area contributed by atoms with Crippen LogP contribution in [0.4, 0.5) is 0 Å². The number of amides is 2. The zero-order valence-electron chi connectivity index (χ0n) is 11.4. The highest BCUT2D eigenvalue weighted by molar-refractivity contribution is 5.88. The summed E-state index contributed by atoms with van der Waals surface area (Å²) in [5, 5.41) is 5.63. The van der Waals surface area contributed by atoms with Crippen LogP contribution in [-0.4, -0.2) is 42.9 Å². The molecule has 7 heteroatoms. The van der Waals surface area contributed by atoms with E-state index in [1.807, 2.05) is 0 Å². The fraction of sp³-hybridized carbons (Fsp3) is 0.538. The van der Waals surface area contributed by atoms with E-state index in [1.165, 1.54) is 0 Å². The molecule has 2 rings (SSSR count). The van der Waals surface area contributed by atoms with Gasteiger partial charge in [0, 0.05) is 6.54 Å². The van der Waals surface area contributed by atoms with Crippen LogP contribution >= 0.6 is 12.4 Å². The van der Waals surface area contributed by atoms with Gasteiger partial charge in [-0.2, -0.15) is 0 Å². The number of hydrogen-bond donors (Lipinski definition) is 2. The largest absolute Gasteiger partial charge is 0.467 e. The highest BCUT2D eigenvalue weighted by atomic mass is 35.5. The lowest BCUT2D eigenvalue weighted by molar-refractivity contribution is -0.137. The molecule has 1 aromatic rings. The highest BCUT2D eigenvalue weighted by Crippen LogP contribution is 2.17. The summed E-state index contributed by atoms with van der Waals surface area (Å²) in [4.78, 5) is 25.6. The summed E-state index contributed by atoms with van der Waals surface area (Å²) in [5.74, 6) is 0.566. The smallest absolute Gasteiger partial charge is 0.243 e. The molecule has 0 spiro atoms. The van der Waals surface area contributed by atoms with Crippen molar-refractivity contribution in [3.63, 3.8) is 0 Å². The molecule has 2 N–H and O–H groups in total. The molecule has 1 fully saturated rings. The van der Waals surface area contributed by atoms with E-state index in [0.717, 1.165) is 12.8 Å². The van der Waals surface area contributed by atoms with Crippen LogP contribution < -0.4 is 10.6 Å². The van der Waals surface area contributed by atoms with Gasteiger partial charge >= 0.3 is 0 Å². The normalized spacial score (nSPS) is 17.6. The molecule has 1 aliphatic heterocycles. The number of rotatable bonds is 5. The van der Waals surface area contributed by atoms with Crippen molar-refractivity contribution in [1.29, 1.82) is 0 Å². The van der Waals surface area contributed by atoms with Crippen LogP contribution in [0, 0.1) is 0 Å². The monoisotopic (exact) mass is 301 g/mol. The zero-order chi connectivity index (χ0) is 13.7. The van der Waals surface area contributed by atoms with Crippen LogP contribution in [-0.2, 0) is 16.1 Å². The first-order valence-electron chi connectivity index (χ1n) is 6.46. The van der Waals surface area contributed by atoms with Gasteiger partial charge in [-0.05, 0) is 32.0 Å². The van der Waals surface area contributed by atoms with Gasteiger partial charge in [-0.3, -0.25) is 9.59 Å². The van der Waals surface area contributed by atoms with Gasteiger partial charge in [0.25, 0.3) is 0 Å². The van der Waals surface area contributed by atoms with Crippen molar-refractivity contribution in [3.05, 3.63) is 24.2 Å².